The van der Waals surface area contributed by atoms with Gasteiger partial charge < -0.3 is 35.3 Å². The molecule has 0 aliphatic heterocycles. The van der Waals surface area contributed by atoms with Crippen LogP contribution in [0.15, 0.2) is 23.3 Å². The van der Waals surface area contributed by atoms with Gasteiger partial charge in [0, 0.05) is 36.5 Å². The summed E-state index contributed by atoms with van der Waals surface area (Å²) in [7, 11) is 0. The third-order valence-electron chi connectivity index (χ3n) is 9.35. The van der Waals surface area contributed by atoms with Gasteiger partial charge in [-0.15, -0.1) is 0 Å². The van der Waals surface area contributed by atoms with Crippen molar-refractivity contribution in [2.45, 2.75) is 76.7 Å². The second-order valence-electron chi connectivity index (χ2n) is 11.9. The van der Waals surface area contributed by atoms with E-state index in [-0.39, 0.29) is 50.0 Å². The summed E-state index contributed by atoms with van der Waals surface area (Å²) in [4.78, 5) is 36.1. The predicted octanol–water partition coefficient (Wildman–Crippen LogP) is 1.33. The number of carboxylic acid groups (broad SMARTS) is 1. The van der Waals surface area contributed by atoms with Crippen LogP contribution in [0.2, 0.25) is 0 Å². The molecule has 0 amide bonds. The Morgan fingerprint density at radius 2 is 1.89 bits per heavy atom. The lowest BCUT2D eigenvalue weighted by molar-refractivity contribution is -0.186. The Morgan fingerprint density at radius 3 is 2.51 bits per heavy atom. The molecule has 0 saturated heterocycles. The van der Waals surface area contributed by atoms with Crippen molar-refractivity contribution in [3.63, 3.8) is 0 Å². The number of hydrogen-bond donors (Lipinski definition) is 4. The first-order chi connectivity index (χ1) is 17.1. The molecule has 0 spiro atoms. The summed E-state index contributed by atoms with van der Waals surface area (Å²) in [6.07, 6.45) is 4.53. The second-order valence-corrected chi connectivity index (χ2v) is 11.9. The molecule has 0 radical (unpaired) electrons. The molecule has 10 nitrogen and oxygen atoms in total. The lowest BCUT2D eigenvalue weighted by atomic mass is 9.60. The van der Waals surface area contributed by atoms with Gasteiger partial charge in [-0.05, 0) is 31.3 Å². The molecule has 5 N–H and O–H groups in total. The number of aliphatic carboxylic acids is 1. The summed E-state index contributed by atoms with van der Waals surface area (Å²) in [6, 6.07) is -1.14. The Bertz CT molecular complexity index is 1050. The van der Waals surface area contributed by atoms with Crippen LogP contribution >= 0.6 is 0 Å². The van der Waals surface area contributed by atoms with Crippen molar-refractivity contribution < 1.29 is 43.9 Å². The average molecular weight is 522 g/mol. The molecule has 37 heavy (non-hydrogen) atoms. The van der Waals surface area contributed by atoms with Crippen molar-refractivity contribution in [1.29, 1.82) is 0 Å². The molecule has 206 valence electrons. The smallest absolute Gasteiger partial charge is 0.322 e. The Hall–Kier alpha value is -2.11. The van der Waals surface area contributed by atoms with Gasteiger partial charge in [-0.2, -0.15) is 0 Å². The molecular weight excluding hydrogens is 482 g/mol. The van der Waals surface area contributed by atoms with Crippen LogP contribution in [0.3, 0.4) is 0 Å². The summed E-state index contributed by atoms with van der Waals surface area (Å²) in [5.74, 6) is -3.73. The maximum Gasteiger partial charge on any atom is 0.322 e. The number of ketones is 1. The molecule has 2 saturated carbocycles. The van der Waals surface area contributed by atoms with Gasteiger partial charge in [-0.3, -0.25) is 14.4 Å². The van der Waals surface area contributed by atoms with E-state index in [4.69, 9.17) is 25.1 Å². The Labute approximate surface area is 216 Å². The lowest BCUT2D eigenvalue weighted by Crippen LogP contribution is -2.61. The molecule has 8 atom stereocenters. The standard InChI is InChI=1S/C27H39NO9/c1-14-8-20-25(33,22(14)30)11-17(6-7-35-13-36-12-19(28)23(31)32)9-18-21-24(4,5)26(21,37-16(3)29)10-15(2)27(18,20)34/h8-9,15,18-21,33-34H,6-7,10-13,28H2,1-5H3,(H,31,32)/t15-,18+,19-,20-,21-,25-,26+,27-/m1/s1. The number of nitrogens with two attached hydrogens (primary N) is 1. The fourth-order valence-corrected chi connectivity index (χ4v) is 7.48. The molecule has 0 aromatic carbocycles. The van der Waals surface area contributed by atoms with Crippen LogP contribution < -0.4 is 5.73 Å². The van der Waals surface area contributed by atoms with Crippen LogP contribution in [-0.4, -0.2) is 75.9 Å². The van der Waals surface area contributed by atoms with E-state index in [1.54, 1.807) is 13.0 Å². The van der Waals surface area contributed by atoms with Crippen molar-refractivity contribution >= 4 is 17.7 Å². The summed E-state index contributed by atoms with van der Waals surface area (Å²) >= 11 is 0. The van der Waals surface area contributed by atoms with Crippen LogP contribution in [-0.2, 0) is 28.6 Å². The molecule has 2 fully saturated rings. The molecule has 4 aliphatic carbocycles. The molecule has 0 unspecified atom stereocenters. The van der Waals surface area contributed by atoms with Gasteiger partial charge in [0.15, 0.2) is 5.78 Å². The highest BCUT2D eigenvalue weighted by Gasteiger charge is 2.83. The highest BCUT2D eigenvalue weighted by Crippen LogP contribution is 2.76. The van der Waals surface area contributed by atoms with Crippen LogP contribution in [0.5, 0.6) is 0 Å². The van der Waals surface area contributed by atoms with Gasteiger partial charge in [0.05, 0.1) is 18.8 Å². The van der Waals surface area contributed by atoms with E-state index in [9.17, 15) is 24.6 Å². The van der Waals surface area contributed by atoms with Gasteiger partial charge >= 0.3 is 11.9 Å². The largest absolute Gasteiger partial charge is 0.480 e. The normalized spacial score (nSPS) is 40.4. The highest BCUT2D eigenvalue weighted by molar-refractivity contribution is 6.04. The predicted molar refractivity (Wildman–Crippen MR) is 131 cm³/mol. The molecule has 0 aromatic heterocycles. The molecule has 0 aromatic rings. The van der Waals surface area contributed by atoms with E-state index in [0.29, 0.717) is 18.4 Å². The minimum absolute atomic E-state index is 0.0533. The maximum absolute atomic E-state index is 13.2. The second kappa shape index (κ2) is 9.27. The molecule has 4 rings (SSSR count). The number of rotatable bonds is 9. The van der Waals surface area contributed by atoms with E-state index in [0.717, 1.165) is 5.57 Å². The van der Waals surface area contributed by atoms with Crippen LogP contribution in [0.1, 0.15) is 53.9 Å². The number of esters is 1. The summed E-state index contributed by atoms with van der Waals surface area (Å²) in [5.41, 5.74) is 2.28. The minimum Gasteiger partial charge on any atom is -0.480 e. The number of Topliss-reactive ketones (excluding diaryl/α,β-unsaturated/α-hetero) is 1. The van der Waals surface area contributed by atoms with Crippen molar-refractivity contribution in [2.24, 2.45) is 34.8 Å². The SMILES string of the molecule is CC(=O)O[C@@]12C[C@@H](C)[C@@]3(O)[C@@H](C=C(CCOCOC[C@@H](N)C(=O)O)C[C@]4(O)C(=O)C(C)=C[C@@H]34)[C@@H]1C2(C)C. The lowest BCUT2D eigenvalue weighted by Gasteiger charge is -2.50. The zero-order chi connectivity index (χ0) is 27.6. The first kappa shape index (κ1) is 27.9. The molecule has 0 bridgehead atoms. The fraction of sp³-hybridized carbons (Fsp3) is 0.741. The highest BCUT2D eigenvalue weighted by atomic mass is 16.7. The number of carboxylic acids is 1. The first-order valence-electron chi connectivity index (χ1n) is 12.8. The summed E-state index contributed by atoms with van der Waals surface area (Å²) < 4.78 is 16.6. The number of aliphatic hydroxyl groups is 2. The summed E-state index contributed by atoms with van der Waals surface area (Å²) in [5, 5.41) is 33.0. The van der Waals surface area contributed by atoms with E-state index < -0.39 is 46.1 Å². The number of carbonyl (C=O) groups is 3. The molecule has 10 heteroatoms. The first-order valence-corrected chi connectivity index (χ1v) is 12.8. The Morgan fingerprint density at radius 1 is 1.22 bits per heavy atom. The maximum atomic E-state index is 13.2. The number of carbonyl (C=O) groups excluding carboxylic acids is 2. The molecule has 4 aliphatic rings. The zero-order valence-electron chi connectivity index (χ0n) is 22.2. The molecule has 0 heterocycles. The number of fused-ring (bicyclic) bond motifs is 5. The van der Waals surface area contributed by atoms with E-state index in [2.05, 4.69) is 0 Å². The van der Waals surface area contributed by atoms with Crippen LogP contribution in [0.4, 0.5) is 0 Å². The van der Waals surface area contributed by atoms with Crippen molar-refractivity contribution in [1.82, 2.24) is 0 Å². The van der Waals surface area contributed by atoms with Gasteiger partial charge in [0.1, 0.15) is 24.0 Å². The van der Waals surface area contributed by atoms with E-state index >= 15 is 0 Å². The molecular formula is C27H39NO9. The monoisotopic (exact) mass is 521 g/mol. The average Bonchev–Trinajstić information content (AvgIpc) is 3.19. The summed E-state index contributed by atoms with van der Waals surface area (Å²) in [6.45, 7) is 8.87. The minimum atomic E-state index is -1.78. The fourth-order valence-electron chi connectivity index (χ4n) is 7.48. The number of hydrogen-bond acceptors (Lipinski definition) is 9. The van der Waals surface area contributed by atoms with Crippen LogP contribution in [0.25, 0.3) is 0 Å². The third kappa shape index (κ3) is 4.17. The Kier molecular flexibility index (Phi) is 6.99. The Balaban J connectivity index is 1.61. The van der Waals surface area contributed by atoms with Gasteiger partial charge in [0.2, 0.25) is 0 Å². The quantitative estimate of drug-likeness (QED) is 0.150. The topological polar surface area (TPSA) is 166 Å². The van der Waals surface area contributed by atoms with Crippen molar-refractivity contribution in [3.8, 4) is 0 Å². The van der Waals surface area contributed by atoms with Gasteiger partial charge in [0.25, 0.3) is 0 Å². The zero-order valence-corrected chi connectivity index (χ0v) is 22.2. The van der Waals surface area contributed by atoms with E-state index in [1.807, 2.05) is 26.8 Å². The van der Waals surface area contributed by atoms with Gasteiger partial charge in [-0.25, -0.2) is 0 Å². The number of ether oxygens (including phenoxy) is 3. The van der Waals surface area contributed by atoms with Gasteiger partial charge in [-0.1, -0.05) is 38.5 Å². The van der Waals surface area contributed by atoms with E-state index in [1.165, 1.54) is 6.92 Å². The van der Waals surface area contributed by atoms with Crippen molar-refractivity contribution in [3.05, 3.63) is 23.3 Å². The third-order valence-corrected chi connectivity index (χ3v) is 9.35. The van der Waals surface area contributed by atoms with Crippen molar-refractivity contribution in [2.75, 3.05) is 20.0 Å². The van der Waals surface area contributed by atoms with Crippen LogP contribution in [0, 0.1) is 29.1 Å².